The maximum atomic E-state index is 12.9. The summed E-state index contributed by atoms with van der Waals surface area (Å²) in [5, 5.41) is 5.28. The summed E-state index contributed by atoms with van der Waals surface area (Å²) in [5.74, 6) is -0.192. The van der Waals surface area contributed by atoms with E-state index >= 15 is 0 Å². The van der Waals surface area contributed by atoms with E-state index in [1.165, 1.54) is 5.56 Å². The SMILES string of the molecule is Nc1ccc2ccccc2c1-c1c(NC(=O)c2cccnc2)ccc2c1C=CCC2. The first-order valence-corrected chi connectivity index (χ1v) is 10.0. The van der Waals surface area contributed by atoms with Gasteiger partial charge in [-0.1, -0.05) is 48.6 Å². The van der Waals surface area contributed by atoms with Crippen molar-refractivity contribution in [3.05, 3.63) is 95.8 Å². The Morgan fingerprint density at radius 3 is 2.73 bits per heavy atom. The van der Waals surface area contributed by atoms with Gasteiger partial charge in [0.2, 0.25) is 0 Å². The van der Waals surface area contributed by atoms with Gasteiger partial charge in [0.05, 0.1) is 5.56 Å². The minimum atomic E-state index is -0.192. The van der Waals surface area contributed by atoms with Gasteiger partial charge in [0.15, 0.2) is 0 Å². The Bertz CT molecular complexity index is 1290. The number of pyridine rings is 1. The van der Waals surface area contributed by atoms with Crippen molar-refractivity contribution in [2.45, 2.75) is 12.8 Å². The van der Waals surface area contributed by atoms with Crippen LogP contribution in [-0.2, 0) is 6.42 Å². The molecular weight excluding hydrogens is 370 g/mol. The number of aryl methyl sites for hydroxylation is 1. The highest BCUT2D eigenvalue weighted by atomic mass is 16.1. The number of carbonyl (C=O) groups is 1. The number of fused-ring (bicyclic) bond motifs is 2. The van der Waals surface area contributed by atoms with Gasteiger partial charge >= 0.3 is 0 Å². The molecule has 4 nitrogen and oxygen atoms in total. The van der Waals surface area contributed by atoms with Crippen LogP contribution in [0.3, 0.4) is 0 Å². The van der Waals surface area contributed by atoms with Crippen LogP contribution in [0.15, 0.2) is 79.1 Å². The molecule has 3 aromatic carbocycles. The first kappa shape index (κ1) is 18.1. The molecule has 0 saturated heterocycles. The van der Waals surface area contributed by atoms with Crippen molar-refractivity contribution in [1.29, 1.82) is 0 Å². The van der Waals surface area contributed by atoms with E-state index < -0.39 is 0 Å². The summed E-state index contributed by atoms with van der Waals surface area (Å²) < 4.78 is 0. The highest BCUT2D eigenvalue weighted by molar-refractivity contribution is 6.11. The second-order valence-electron chi connectivity index (χ2n) is 7.45. The second kappa shape index (κ2) is 7.48. The molecular formula is C26H21N3O. The molecule has 0 aliphatic heterocycles. The van der Waals surface area contributed by atoms with E-state index in [9.17, 15) is 4.79 Å². The van der Waals surface area contributed by atoms with Gasteiger partial charge in [0.1, 0.15) is 0 Å². The molecule has 3 N–H and O–H groups in total. The number of aromatic nitrogens is 1. The van der Waals surface area contributed by atoms with E-state index in [1.807, 2.05) is 30.3 Å². The van der Waals surface area contributed by atoms with Gasteiger partial charge in [-0.15, -0.1) is 0 Å². The van der Waals surface area contributed by atoms with Crippen LogP contribution in [0, 0.1) is 0 Å². The van der Waals surface area contributed by atoms with Gasteiger partial charge in [-0.25, -0.2) is 0 Å². The summed E-state index contributed by atoms with van der Waals surface area (Å²) >= 11 is 0. The van der Waals surface area contributed by atoms with Crippen LogP contribution in [0.25, 0.3) is 28.0 Å². The molecule has 146 valence electrons. The van der Waals surface area contributed by atoms with Crippen LogP contribution in [0.1, 0.15) is 27.9 Å². The number of carbonyl (C=O) groups excluding carboxylic acids is 1. The van der Waals surface area contributed by atoms with Crippen LogP contribution < -0.4 is 11.1 Å². The smallest absolute Gasteiger partial charge is 0.257 e. The zero-order valence-electron chi connectivity index (χ0n) is 16.4. The molecule has 1 aliphatic rings. The summed E-state index contributed by atoms with van der Waals surface area (Å²) in [5.41, 5.74) is 12.8. The molecule has 1 aliphatic carbocycles. The van der Waals surface area contributed by atoms with Crippen LogP contribution in [0.4, 0.5) is 11.4 Å². The van der Waals surface area contributed by atoms with E-state index in [1.54, 1.807) is 24.5 Å². The van der Waals surface area contributed by atoms with E-state index in [2.05, 4.69) is 40.7 Å². The number of rotatable bonds is 3. The van der Waals surface area contributed by atoms with Crippen molar-refractivity contribution in [1.82, 2.24) is 4.98 Å². The predicted molar refractivity (Wildman–Crippen MR) is 123 cm³/mol. The van der Waals surface area contributed by atoms with Crippen molar-refractivity contribution in [3.8, 4) is 11.1 Å². The summed E-state index contributed by atoms with van der Waals surface area (Å²) in [6, 6.07) is 19.8. The Kier molecular flexibility index (Phi) is 4.52. The molecule has 0 saturated carbocycles. The number of nitrogens with two attached hydrogens (primary N) is 1. The van der Waals surface area contributed by atoms with E-state index in [0.29, 0.717) is 11.3 Å². The van der Waals surface area contributed by atoms with Gasteiger partial charge < -0.3 is 11.1 Å². The third kappa shape index (κ3) is 3.12. The summed E-state index contributed by atoms with van der Waals surface area (Å²) in [6.07, 6.45) is 9.54. The number of allylic oxidation sites excluding steroid dienone is 1. The first-order valence-electron chi connectivity index (χ1n) is 10.0. The minimum absolute atomic E-state index is 0.192. The number of hydrogen-bond acceptors (Lipinski definition) is 3. The number of benzene rings is 3. The average Bonchev–Trinajstić information content (AvgIpc) is 2.80. The largest absolute Gasteiger partial charge is 0.398 e. The fraction of sp³-hybridized carbons (Fsp3) is 0.0769. The molecule has 4 aromatic rings. The molecule has 5 rings (SSSR count). The maximum absolute atomic E-state index is 12.9. The molecule has 30 heavy (non-hydrogen) atoms. The summed E-state index contributed by atoms with van der Waals surface area (Å²) in [7, 11) is 0. The quantitative estimate of drug-likeness (QED) is 0.441. The van der Waals surface area contributed by atoms with E-state index in [0.717, 1.165) is 46.0 Å². The zero-order chi connectivity index (χ0) is 20.5. The first-order chi connectivity index (χ1) is 14.7. The van der Waals surface area contributed by atoms with Gasteiger partial charge in [-0.05, 0) is 59.0 Å². The standard InChI is InChI=1S/C26H21N3O/c27-22-13-11-17-6-1-3-9-20(17)24(22)25-21-10-4-2-7-18(21)12-14-23(25)29-26(30)19-8-5-15-28-16-19/h1,3-6,8-16H,2,7,27H2,(H,29,30). The summed E-state index contributed by atoms with van der Waals surface area (Å²) in [6.45, 7) is 0. The average molecular weight is 391 g/mol. The number of nitrogen functional groups attached to an aromatic ring is 1. The molecule has 1 heterocycles. The molecule has 4 heteroatoms. The molecule has 0 radical (unpaired) electrons. The van der Waals surface area contributed by atoms with Gasteiger partial charge in [-0.3, -0.25) is 9.78 Å². The Morgan fingerprint density at radius 2 is 1.87 bits per heavy atom. The van der Waals surface area contributed by atoms with Crippen LogP contribution in [0.5, 0.6) is 0 Å². The Balaban J connectivity index is 1.75. The predicted octanol–water partition coefficient (Wildman–Crippen LogP) is 5.70. The highest BCUT2D eigenvalue weighted by Gasteiger charge is 2.20. The van der Waals surface area contributed by atoms with Gasteiger partial charge in [-0.2, -0.15) is 0 Å². The lowest BCUT2D eigenvalue weighted by Crippen LogP contribution is -2.14. The molecule has 1 amide bonds. The lowest BCUT2D eigenvalue weighted by molar-refractivity contribution is 0.102. The van der Waals surface area contributed by atoms with Gasteiger partial charge in [0, 0.05) is 34.9 Å². The lowest BCUT2D eigenvalue weighted by atomic mass is 9.86. The number of nitrogens with one attached hydrogen (secondary N) is 1. The fourth-order valence-corrected chi connectivity index (χ4v) is 4.14. The van der Waals surface area contributed by atoms with Crippen molar-refractivity contribution < 1.29 is 4.79 Å². The highest BCUT2D eigenvalue weighted by Crippen LogP contribution is 2.43. The van der Waals surface area contributed by atoms with Gasteiger partial charge in [0.25, 0.3) is 5.91 Å². The van der Waals surface area contributed by atoms with Crippen molar-refractivity contribution in [2.24, 2.45) is 0 Å². The Morgan fingerprint density at radius 1 is 0.967 bits per heavy atom. The number of anilines is 2. The second-order valence-corrected chi connectivity index (χ2v) is 7.45. The maximum Gasteiger partial charge on any atom is 0.257 e. The van der Waals surface area contributed by atoms with E-state index in [4.69, 9.17) is 5.73 Å². The number of hydrogen-bond donors (Lipinski definition) is 2. The third-order valence-electron chi connectivity index (χ3n) is 5.58. The normalized spacial score (nSPS) is 12.5. The Labute approximate surface area is 175 Å². The Hall–Kier alpha value is -3.92. The number of nitrogens with zero attached hydrogens (tertiary/aromatic N) is 1. The molecule has 0 atom stereocenters. The van der Waals surface area contributed by atoms with E-state index in [-0.39, 0.29) is 5.91 Å². The van der Waals surface area contributed by atoms with Crippen LogP contribution in [-0.4, -0.2) is 10.9 Å². The van der Waals surface area contributed by atoms with Crippen molar-refractivity contribution >= 4 is 34.1 Å². The third-order valence-corrected chi connectivity index (χ3v) is 5.58. The van der Waals surface area contributed by atoms with Crippen LogP contribution >= 0.6 is 0 Å². The topological polar surface area (TPSA) is 68.0 Å². The van der Waals surface area contributed by atoms with Crippen LogP contribution in [0.2, 0.25) is 0 Å². The lowest BCUT2D eigenvalue weighted by Gasteiger charge is -2.22. The minimum Gasteiger partial charge on any atom is -0.398 e. The summed E-state index contributed by atoms with van der Waals surface area (Å²) in [4.78, 5) is 17.0. The molecule has 1 aromatic heterocycles. The molecule has 0 spiro atoms. The molecule has 0 fully saturated rings. The molecule has 0 bridgehead atoms. The monoisotopic (exact) mass is 391 g/mol. The fourth-order valence-electron chi connectivity index (χ4n) is 4.14. The zero-order valence-corrected chi connectivity index (χ0v) is 16.4. The van der Waals surface area contributed by atoms with Crippen molar-refractivity contribution in [3.63, 3.8) is 0 Å². The molecule has 0 unspecified atom stereocenters. The number of amides is 1. The van der Waals surface area contributed by atoms with Crippen molar-refractivity contribution in [2.75, 3.05) is 11.1 Å².